The van der Waals surface area contributed by atoms with Crippen molar-refractivity contribution in [2.24, 2.45) is 0 Å². The number of rotatable bonds is 15. The molecule has 4 aromatic heterocycles. The second kappa shape index (κ2) is 21.4. The Morgan fingerprint density at radius 3 is 1.77 bits per heavy atom. The number of pyridine rings is 3. The molecule has 5 aromatic carbocycles. The van der Waals surface area contributed by atoms with Crippen molar-refractivity contribution in [3.8, 4) is 39.8 Å². The Labute approximate surface area is 445 Å². The molecule has 1 aliphatic carbocycles. The quantitative estimate of drug-likeness (QED) is 0.0956. The number of aromatic nitrogens is 3. The third kappa shape index (κ3) is 10.6. The van der Waals surface area contributed by atoms with E-state index in [4.69, 9.17) is 7.16 Å². The molecule has 0 spiro atoms. The van der Waals surface area contributed by atoms with Crippen molar-refractivity contribution >= 4 is 21.9 Å². The van der Waals surface area contributed by atoms with Gasteiger partial charge in [-0.25, -0.2) is 0 Å². The van der Waals surface area contributed by atoms with Gasteiger partial charge in [-0.15, -0.1) is 90.0 Å². The van der Waals surface area contributed by atoms with E-state index in [1.807, 2.05) is 6.07 Å². The minimum Gasteiger partial charge on any atom is -0.501 e. The van der Waals surface area contributed by atoms with Crippen molar-refractivity contribution in [1.82, 2.24) is 15.0 Å². The molecule has 6 heteroatoms. The topological polar surface area (TPSA) is 75.6 Å². The Balaban J connectivity index is 0.00000884. The van der Waals surface area contributed by atoms with Gasteiger partial charge in [0.05, 0.1) is 20.0 Å². The van der Waals surface area contributed by atoms with Crippen molar-refractivity contribution in [3.05, 3.63) is 208 Å². The minimum atomic E-state index is -3.37. The molecular formula is C63H57IrN4O. The van der Waals surface area contributed by atoms with E-state index in [0.29, 0.717) is 46.1 Å². The van der Waals surface area contributed by atoms with Gasteiger partial charge >= 0.3 is 20.1 Å². The van der Waals surface area contributed by atoms with Crippen LogP contribution in [0.1, 0.15) is 150 Å². The fourth-order valence-electron chi connectivity index (χ4n) is 8.52. The van der Waals surface area contributed by atoms with Gasteiger partial charge in [0.15, 0.2) is 0 Å². The van der Waals surface area contributed by atoms with Gasteiger partial charge in [0, 0.05) is 44.5 Å². The first-order valence-electron chi connectivity index (χ1n) is 31.0. The summed E-state index contributed by atoms with van der Waals surface area (Å²) < 4.78 is 170. The SMILES string of the molecule is [2H]c1cc2c(oc3c(-c4cc(C5([2H])CCCC5)c(C([2H])([2H])C([2H])([2H])c5cc(C([2H])([2H])C([2H])([2H])c6cnc(-c7[c-]cccc7)cc6C([2H])(C)C)cc(C([2H])([2H])C([2H])([2H])c6cnc(-c7[c-]cccc7)cc6C([2H])(C)C)c5)cn4)[c-]ccc32)c([2H])c1C#N.[Ir+3]. The maximum atomic E-state index is 10.00. The summed E-state index contributed by atoms with van der Waals surface area (Å²) in [5.41, 5.74) is -1.23. The zero-order valence-corrected chi connectivity index (χ0v) is 40.8. The van der Waals surface area contributed by atoms with Crippen LogP contribution in [0.15, 0.2) is 138 Å². The van der Waals surface area contributed by atoms with E-state index < -0.39 is 78.2 Å². The number of furan rings is 1. The summed E-state index contributed by atoms with van der Waals surface area (Å²) in [7, 11) is 0. The molecular weight excluding hydrogens is 1020 g/mol. The molecule has 1 fully saturated rings. The molecule has 0 aliphatic heterocycles. The number of nitriles is 1. The predicted octanol–water partition coefficient (Wildman–Crippen LogP) is 15.3. The average molecular weight is 1100 g/mol. The van der Waals surface area contributed by atoms with Gasteiger partial charge < -0.3 is 19.4 Å². The van der Waals surface area contributed by atoms with Gasteiger partial charge in [-0.2, -0.15) is 5.26 Å². The summed E-state index contributed by atoms with van der Waals surface area (Å²) in [5, 5.41) is 10.6. The zero-order valence-electron chi connectivity index (χ0n) is 55.4. The van der Waals surface area contributed by atoms with Gasteiger partial charge in [-0.05, 0) is 148 Å². The molecule has 0 saturated heterocycles. The second-order valence-electron chi connectivity index (χ2n) is 17.1. The van der Waals surface area contributed by atoms with Crippen molar-refractivity contribution in [2.75, 3.05) is 0 Å². The molecule has 4 heterocycles. The third-order valence-electron chi connectivity index (χ3n) is 12.0. The van der Waals surface area contributed by atoms with Crippen LogP contribution in [0.4, 0.5) is 0 Å². The normalized spacial score (nSPS) is 18.4. The Morgan fingerprint density at radius 1 is 0.681 bits per heavy atom. The van der Waals surface area contributed by atoms with Crippen LogP contribution in [0.3, 0.4) is 0 Å². The van der Waals surface area contributed by atoms with Crippen LogP contribution in [-0.2, 0) is 58.3 Å². The Hall–Kier alpha value is -6.51. The van der Waals surface area contributed by atoms with Gasteiger partial charge in [-0.3, -0.25) is 0 Å². The summed E-state index contributed by atoms with van der Waals surface area (Å²) in [5.74, 6) is -4.70. The predicted molar refractivity (Wildman–Crippen MR) is 276 cm³/mol. The summed E-state index contributed by atoms with van der Waals surface area (Å²) in [6.07, 6.45) is -14.7. The third-order valence-corrected chi connectivity index (χ3v) is 12.0. The standard InChI is InChI=1S/C63H57N4O.Ir/c1-41(2)56-34-59(48-16-7-5-8-17-48)65-38-50(56)26-22-43-30-44(23-27-51-39-66-60(35-57(51)42(3)4)49-18-9-6-10-19-49)32-45(31-43)24-28-52-40-67-61(36-58(52)47-14-11-12-15-47)55-21-13-20-54-53-29-25-46(37-64)33-62(53)68-63(54)55;/h5-10,13,16,18,20,25,29-36,38-42,47H,11-12,14-15,22-24,26-28H2,1-4H3;/q-3;+3/i22D2,23D2,24D2,25D,26D2,27D2,28D2,33D,41D,42D,47D;. The van der Waals surface area contributed by atoms with Crippen LogP contribution in [0.25, 0.3) is 55.7 Å². The Kier molecular flexibility index (Phi) is 9.58. The average Bonchev–Trinajstić information content (AvgIpc) is 1.06. The van der Waals surface area contributed by atoms with Crippen molar-refractivity contribution in [2.45, 2.75) is 109 Å². The fraction of sp³-hybridized carbons (Fsp3) is 0.270. The molecule has 0 amide bonds. The van der Waals surface area contributed by atoms with Crippen LogP contribution in [0, 0.1) is 29.5 Å². The van der Waals surface area contributed by atoms with Gasteiger partial charge in [-0.1, -0.05) is 94.0 Å². The van der Waals surface area contributed by atoms with E-state index in [1.54, 1.807) is 60.7 Å². The largest absolute Gasteiger partial charge is 3.00 e. The first-order valence-corrected chi connectivity index (χ1v) is 22.5. The van der Waals surface area contributed by atoms with Crippen LogP contribution in [-0.4, -0.2) is 15.0 Å². The molecule has 1 saturated carbocycles. The van der Waals surface area contributed by atoms with Crippen LogP contribution in [0.2, 0.25) is 0 Å². The molecule has 344 valence electrons. The molecule has 0 unspecified atom stereocenters. The van der Waals surface area contributed by atoms with Crippen LogP contribution >= 0.6 is 0 Å². The van der Waals surface area contributed by atoms with E-state index in [-0.39, 0.29) is 101 Å². The van der Waals surface area contributed by atoms with Crippen molar-refractivity contribution < 1.29 is 47.8 Å². The zero-order chi connectivity index (χ0) is 61.8. The van der Waals surface area contributed by atoms with Crippen LogP contribution in [0.5, 0.6) is 0 Å². The van der Waals surface area contributed by atoms with E-state index in [9.17, 15) is 25.8 Å². The monoisotopic (exact) mass is 1100 g/mol. The molecule has 0 bridgehead atoms. The number of fused-ring (bicyclic) bond motifs is 3. The van der Waals surface area contributed by atoms with Crippen LogP contribution < -0.4 is 0 Å². The number of hydrogen-bond donors (Lipinski definition) is 0. The molecule has 69 heavy (non-hydrogen) atoms. The van der Waals surface area contributed by atoms with Gasteiger partial charge in [0.2, 0.25) is 0 Å². The maximum Gasteiger partial charge on any atom is 3.00 e. The fourth-order valence-corrected chi connectivity index (χ4v) is 8.52. The summed E-state index contributed by atoms with van der Waals surface area (Å²) in [6, 6.07) is 36.1. The molecule has 1 aliphatic rings. The molecule has 9 aromatic rings. The Bertz CT molecular complexity index is 3990. The van der Waals surface area contributed by atoms with E-state index in [2.05, 4.69) is 33.2 Å². The first kappa shape index (κ1) is 30.9. The van der Waals surface area contributed by atoms with E-state index >= 15 is 0 Å². The first-order chi connectivity index (χ1) is 39.6. The molecule has 0 atom stereocenters. The number of aryl methyl sites for hydroxylation is 6. The van der Waals surface area contributed by atoms with Crippen molar-refractivity contribution in [1.29, 1.82) is 5.26 Å². The van der Waals surface area contributed by atoms with E-state index in [1.165, 1.54) is 52.0 Å². The summed E-state index contributed by atoms with van der Waals surface area (Å²) in [4.78, 5) is 13.6. The summed E-state index contributed by atoms with van der Waals surface area (Å²) >= 11 is 0. The van der Waals surface area contributed by atoms with Gasteiger partial charge in [0.25, 0.3) is 0 Å². The summed E-state index contributed by atoms with van der Waals surface area (Å²) in [6.45, 7) is 5.95. The molecule has 10 rings (SSSR count). The Morgan fingerprint density at radius 2 is 1.23 bits per heavy atom. The maximum absolute atomic E-state index is 10.00. The number of hydrogen-bond acceptors (Lipinski definition) is 5. The molecule has 0 radical (unpaired) electrons. The molecule has 5 nitrogen and oxygen atoms in total. The van der Waals surface area contributed by atoms with E-state index in [0.717, 1.165) is 36.8 Å². The second-order valence-corrected chi connectivity index (χ2v) is 17.1. The minimum absolute atomic E-state index is 0. The number of nitrogens with zero attached hydrogens (tertiary/aromatic N) is 4. The smallest absolute Gasteiger partial charge is 0.501 e. The molecule has 0 N–H and O–H groups in total. The number of benzene rings is 5. The van der Waals surface area contributed by atoms with Gasteiger partial charge in [0.1, 0.15) is 5.58 Å². The van der Waals surface area contributed by atoms with Crippen molar-refractivity contribution in [3.63, 3.8) is 0 Å².